The Kier molecular flexibility index (Phi) is 5.28. The quantitative estimate of drug-likeness (QED) is 0.716. The molecule has 0 aliphatic carbocycles. The Morgan fingerprint density at radius 2 is 1.89 bits per heavy atom. The lowest BCUT2D eigenvalue weighted by molar-refractivity contribution is 0.331. The van der Waals surface area contributed by atoms with E-state index in [0.29, 0.717) is 28.8 Å². The molecule has 27 heavy (non-hydrogen) atoms. The molecule has 2 aromatic rings. The van der Waals surface area contributed by atoms with Crippen LogP contribution in [-0.4, -0.2) is 29.5 Å². The summed E-state index contributed by atoms with van der Waals surface area (Å²) < 4.78 is 57.4. The fraction of sp³-hybridized carbons (Fsp3) is 0.294. The van der Waals surface area contributed by atoms with Crippen LogP contribution in [0.2, 0.25) is 0 Å². The molecule has 0 bridgehead atoms. The fourth-order valence-electron chi connectivity index (χ4n) is 3.19. The molecule has 1 aliphatic heterocycles. The maximum absolute atomic E-state index is 13.4. The molecular formula is C17H19BrN2O5S2. The van der Waals surface area contributed by atoms with E-state index in [-0.39, 0.29) is 21.6 Å². The Labute approximate surface area is 167 Å². The molecule has 1 heterocycles. The predicted molar refractivity (Wildman–Crippen MR) is 106 cm³/mol. The molecule has 10 heteroatoms. The molecule has 7 nitrogen and oxygen atoms in total. The number of rotatable bonds is 5. The Morgan fingerprint density at radius 1 is 1.19 bits per heavy atom. The van der Waals surface area contributed by atoms with Crippen molar-refractivity contribution in [2.75, 3.05) is 10.9 Å². The molecule has 0 spiro atoms. The molecule has 1 atom stereocenters. The highest BCUT2D eigenvalue weighted by molar-refractivity contribution is 9.10. The topological polar surface area (TPSA) is 107 Å². The molecule has 146 valence electrons. The lowest BCUT2D eigenvalue weighted by Gasteiger charge is -2.25. The fourth-order valence-corrected chi connectivity index (χ4v) is 6.12. The van der Waals surface area contributed by atoms with Gasteiger partial charge in [-0.3, -0.25) is 4.31 Å². The maximum atomic E-state index is 13.4. The van der Waals surface area contributed by atoms with Gasteiger partial charge in [-0.25, -0.2) is 22.0 Å². The minimum absolute atomic E-state index is 0.0369. The number of primary sulfonamides is 1. The van der Waals surface area contributed by atoms with Gasteiger partial charge < -0.3 is 4.74 Å². The summed E-state index contributed by atoms with van der Waals surface area (Å²) in [7, 11) is -7.79. The van der Waals surface area contributed by atoms with Crippen molar-refractivity contribution in [2.45, 2.75) is 36.1 Å². The number of sulfonamides is 2. The number of benzene rings is 2. The zero-order valence-electron chi connectivity index (χ0n) is 14.7. The minimum Gasteiger partial charge on any atom is -0.492 e. The summed E-state index contributed by atoms with van der Waals surface area (Å²) in [5, 5.41) is 5.19. The molecule has 3 rings (SSSR count). The molecule has 0 saturated carbocycles. The Morgan fingerprint density at radius 3 is 2.52 bits per heavy atom. The van der Waals surface area contributed by atoms with Crippen LogP contribution in [-0.2, 0) is 26.5 Å². The van der Waals surface area contributed by atoms with Gasteiger partial charge in [-0.1, -0.05) is 15.9 Å². The van der Waals surface area contributed by atoms with Crippen LogP contribution in [0.4, 0.5) is 5.69 Å². The van der Waals surface area contributed by atoms with Gasteiger partial charge in [0.25, 0.3) is 10.0 Å². The Balaban J connectivity index is 2.14. The van der Waals surface area contributed by atoms with Gasteiger partial charge in [-0.05, 0) is 62.2 Å². The molecule has 2 N–H and O–H groups in total. The highest BCUT2D eigenvalue weighted by atomic mass is 79.9. The molecule has 1 aliphatic rings. The smallest absolute Gasteiger partial charge is 0.268 e. The first-order valence-electron chi connectivity index (χ1n) is 8.18. The number of hydrogen-bond donors (Lipinski definition) is 1. The summed E-state index contributed by atoms with van der Waals surface area (Å²) >= 11 is 3.31. The third-order valence-electron chi connectivity index (χ3n) is 4.28. The van der Waals surface area contributed by atoms with Crippen LogP contribution < -0.4 is 14.2 Å². The van der Waals surface area contributed by atoms with Gasteiger partial charge in [0.05, 0.1) is 17.2 Å². The average molecular weight is 475 g/mol. The number of nitrogens with two attached hydrogens (primary N) is 1. The maximum Gasteiger partial charge on any atom is 0.268 e. The highest BCUT2D eigenvalue weighted by Gasteiger charge is 2.38. The van der Waals surface area contributed by atoms with Crippen LogP contribution in [0.25, 0.3) is 0 Å². The predicted octanol–water partition coefficient (Wildman–Crippen LogP) is 2.64. The van der Waals surface area contributed by atoms with E-state index in [1.165, 1.54) is 28.6 Å². The molecule has 0 amide bonds. The van der Waals surface area contributed by atoms with E-state index >= 15 is 0 Å². The number of halogens is 1. The normalized spacial score (nSPS) is 17.0. The summed E-state index contributed by atoms with van der Waals surface area (Å²) in [4.78, 5) is 0.0131. The standard InChI is InChI=1S/C17H19BrN2O5S2/c1-3-25-16-7-4-13(18)10-17(16)27(23,24)20-11(2)8-12-9-14(26(19,21)22)5-6-15(12)20/h4-7,9-11H,3,8H2,1-2H3,(H2,19,21,22)/t11-/m0/s1. The Bertz CT molecular complexity index is 1100. The van der Waals surface area contributed by atoms with Crippen molar-refractivity contribution in [2.24, 2.45) is 5.14 Å². The number of hydrogen-bond acceptors (Lipinski definition) is 5. The van der Waals surface area contributed by atoms with Gasteiger partial charge in [0, 0.05) is 10.5 Å². The summed E-state index contributed by atoms with van der Waals surface area (Å²) in [6, 6.07) is 8.67. The van der Waals surface area contributed by atoms with E-state index in [1.54, 1.807) is 26.0 Å². The summed E-state index contributed by atoms with van der Waals surface area (Å²) in [5.41, 5.74) is 1.06. The number of ether oxygens (including phenoxy) is 1. The van der Waals surface area contributed by atoms with Crippen molar-refractivity contribution in [3.05, 3.63) is 46.4 Å². The first-order chi connectivity index (χ1) is 12.6. The van der Waals surface area contributed by atoms with Crippen molar-refractivity contribution < 1.29 is 21.6 Å². The van der Waals surface area contributed by atoms with Crippen LogP contribution in [0.15, 0.2) is 50.7 Å². The lowest BCUT2D eigenvalue weighted by Crippen LogP contribution is -2.36. The highest BCUT2D eigenvalue weighted by Crippen LogP contribution is 2.40. The molecule has 0 aromatic heterocycles. The molecule has 0 fully saturated rings. The second-order valence-corrected chi connectivity index (χ2v) is 10.5. The van der Waals surface area contributed by atoms with E-state index in [1.807, 2.05) is 0 Å². The monoisotopic (exact) mass is 474 g/mol. The van der Waals surface area contributed by atoms with Crippen LogP contribution in [0.1, 0.15) is 19.4 Å². The molecule has 2 aromatic carbocycles. The first kappa shape index (κ1) is 20.1. The van der Waals surface area contributed by atoms with Gasteiger partial charge in [-0.15, -0.1) is 0 Å². The van der Waals surface area contributed by atoms with Crippen LogP contribution in [0.3, 0.4) is 0 Å². The van der Waals surface area contributed by atoms with Gasteiger partial charge >= 0.3 is 0 Å². The van der Waals surface area contributed by atoms with Crippen molar-refractivity contribution >= 4 is 41.7 Å². The van der Waals surface area contributed by atoms with Crippen molar-refractivity contribution in [1.82, 2.24) is 0 Å². The SMILES string of the molecule is CCOc1ccc(Br)cc1S(=O)(=O)N1c2ccc(S(N)(=O)=O)cc2C[C@@H]1C. The Hall–Kier alpha value is -1.62. The third kappa shape index (κ3) is 3.71. The molecular weight excluding hydrogens is 456 g/mol. The number of nitrogens with zero attached hydrogens (tertiary/aromatic N) is 1. The lowest BCUT2D eigenvalue weighted by atomic mass is 10.1. The van der Waals surface area contributed by atoms with Crippen LogP contribution >= 0.6 is 15.9 Å². The van der Waals surface area contributed by atoms with E-state index in [9.17, 15) is 16.8 Å². The van der Waals surface area contributed by atoms with E-state index in [4.69, 9.17) is 9.88 Å². The van der Waals surface area contributed by atoms with E-state index in [0.717, 1.165) is 0 Å². The van der Waals surface area contributed by atoms with Crippen LogP contribution in [0.5, 0.6) is 5.75 Å². The molecule has 0 saturated heterocycles. The van der Waals surface area contributed by atoms with Crippen LogP contribution in [0, 0.1) is 0 Å². The summed E-state index contributed by atoms with van der Waals surface area (Å²) in [6.45, 7) is 3.88. The summed E-state index contributed by atoms with van der Waals surface area (Å²) in [6.07, 6.45) is 0.385. The molecule has 0 radical (unpaired) electrons. The second-order valence-electron chi connectivity index (χ2n) is 6.21. The number of anilines is 1. The van der Waals surface area contributed by atoms with Gasteiger partial charge in [-0.2, -0.15) is 0 Å². The minimum atomic E-state index is -3.93. The van der Waals surface area contributed by atoms with E-state index < -0.39 is 20.0 Å². The summed E-state index contributed by atoms with van der Waals surface area (Å²) in [5.74, 6) is 0.266. The average Bonchev–Trinajstić information content (AvgIpc) is 2.91. The van der Waals surface area contributed by atoms with Crippen molar-refractivity contribution in [1.29, 1.82) is 0 Å². The largest absolute Gasteiger partial charge is 0.492 e. The zero-order chi connectivity index (χ0) is 20.0. The van der Waals surface area contributed by atoms with Crippen molar-refractivity contribution in [3.63, 3.8) is 0 Å². The van der Waals surface area contributed by atoms with Crippen molar-refractivity contribution in [3.8, 4) is 5.75 Å². The third-order valence-corrected chi connectivity index (χ3v) is 7.63. The zero-order valence-corrected chi connectivity index (χ0v) is 17.9. The second kappa shape index (κ2) is 7.08. The van der Waals surface area contributed by atoms with Gasteiger partial charge in [0.1, 0.15) is 10.6 Å². The number of fused-ring (bicyclic) bond motifs is 1. The van der Waals surface area contributed by atoms with E-state index in [2.05, 4.69) is 15.9 Å². The van der Waals surface area contributed by atoms with Gasteiger partial charge in [0.15, 0.2) is 0 Å². The first-order valence-corrected chi connectivity index (χ1v) is 12.0. The molecule has 0 unspecified atom stereocenters. The van der Waals surface area contributed by atoms with Gasteiger partial charge in [0.2, 0.25) is 10.0 Å².